The van der Waals surface area contributed by atoms with E-state index in [0.29, 0.717) is 6.20 Å². The van der Waals surface area contributed by atoms with Crippen LogP contribution >= 0.6 is 0 Å². The molecule has 0 aliphatic carbocycles. The summed E-state index contributed by atoms with van der Waals surface area (Å²) >= 11 is 0. The number of rotatable bonds is 3. The second-order valence-electron chi connectivity index (χ2n) is 3.61. The summed E-state index contributed by atoms with van der Waals surface area (Å²) in [5.74, 6) is -8.76. The number of aromatic nitrogens is 2. The molecule has 1 heterocycles. The van der Waals surface area contributed by atoms with Crippen molar-refractivity contribution in [3.05, 3.63) is 60.2 Å². The predicted molar refractivity (Wildman–Crippen MR) is 56.3 cm³/mol. The number of halogens is 4. The lowest BCUT2D eigenvalue weighted by molar-refractivity contribution is -0.226. The topological polar surface area (TPSA) is 25.8 Å². The van der Waals surface area contributed by atoms with Crippen LogP contribution in [-0.4, -0.2) is 9.97 Å². The van der Waals surface area contributed by atoms with Crippen molar-refractivity contribution in [2.75, 3.05) is 0 Å². The van der Waals surface area contributed by atoms with Crippen molar-refractivity contribution in [1.82, 2.24) is 9.97 Å². The van der Waals surface area contributed by atoms with Crippen molar-refractivity contribution in [1.29, 1.82) is 0 Å². The molecule has 0 amide bonds. The molecule has 0 saturated carbocycles. The molecule has 0 aliphatic heterocycles. The van der Waals surface area contributed by atoms with Gasteiger partial charge >= 0.3 is 11.8 Å². The Bertz CT molecular complexity index is 465. The average Bonchev–Trinajstić information content (AvgIpc) is 2.40. The maximum Gasteiger partial charge on any atom is 0.357 e. The molecule has 2 rings (SSSR count). The normalized spacial score (nSPS) is 12.4. The monoisotopic (exact) mass is 256 g/mol. The first-order valence-corrected chi connectivity index (χ1v) is 5.04. The fourth-order valence-electron chi connectivity index (χ4n) is 1.45. The minimum atomic E-state index is -4.41. The van der Waals surface area contributed by atoms with Gasteiger partial charge in [0.2, 0.25) is 0 Å². The van der Waals surface area contributed by atoms with E-state index >= 15 is 0 Å². The van der Waals surface area contributed by atoms with Gasteiger partial charge in [0, 0.05) is 18.0 Å². The van der Waals surface area contributed by atoms with Crippen LogP contribution in [-0.2, 0) is 11.8 Å². The Morgan fingerprint density at radius 1 is 0.833 bits per heavy atom. The Kier molecular flexibility index (Phi) is 3.02. The van der Waals surface area contributed by atoms with Gasteiger partial charge in [0.05, 0.1) is 6.20 Å². The molecule has 0 spiro atoms. The van der Waals surface area contributed by atoms with E-state index in [9.17, 15) is 17.6 Å². The molecule has 0 atom stereocenters. The van der Waals surface area contributed by atoms with Gasteiger partial charge in [-0.1, -0.05) is 30.3 Å². The van der Waals surface area contributed by atoms with Gasteiger partial charge in [-0.25, -0.2) is 0 Å². The van der Waals surface area contributed by atoms with E-state index < -0.39 is 23.1 Å². The Morgan fingerprint density at radius 3 is 2.06 bits per heavy atom. The van der Waals surface area contributed by atoms with E-state index in [4.69, 9.17) is 0 Å². The van der Waals surface area contributed by atoms with E-state index in [-0.39, 0.29) is 0 Å². The first-order valence-electron chi connectivity index (χ1n) is 5.04. The van der Waals surface area contributed by atoms with Crippen molar-refractivity contribution in [2.45, 2.75) is 11.8 Å². The molecule has 94 valence electrons. The third kappa shape index (κ3) is 1.94. The lowest BCUT2D eigenvalue weighted by Crippen LogP contribution is -2.36. The highest BCUT2D eigenvalue weighted by Gasteiger charge is 2.59. The molecule has 0 fully saturated rings. The van der Waals surface area contributed by atoms with Crippen molar-refractivity contribution >= 4 is 0 Å². The second-order valence-corrected chi connectivity index (χ2v) is 3.61. The fourth-order valence-corrected chi connectivity index (χ4v) is 1.45. The zero-order valence-corrected chi connectivity index (χ0v) is 9.03. The minimum absolute atomic E-state index is 0.636. The van der Waals surface area contributed by atoms with E-state index in [0.717, 1.165) is 24.5 Å². The van der Waals surface area contributed by atoms with Crippen LogP contribution in [0.15, 0.2) is 48.9 Å². The van der Waals surface area contributed by atoms with Gasteiger partial charge in [0.1, 0.15) is 5.69 Å². The molecule has 2 nitrogen and oxygen atoms in total. The predicted octanol–water partition coefficient (Wildman–Crippen LogP) is 3.36. The highest BCUT2D eigenvalue weighted by Crippen LogP contribution is 2.48. The lowest BCUT2D eigenvalue weighted by Gasteiger charge is -2.25. The molecule has 0 unspecified atom stereocenters. The Balaban J connectivity index is 2.47. The number of alkyl halides is 4. The van der Waals surface area contributed by atoms with Crippen LogP contribution in [0.5, 0.6) is 0 Å². The van der Waals surface area contributed by atoms with Crippen LogP contribution in [0, 0.1) is 0 Å². The average molecular weight is 256 g/mol. The van der Waals surface area contributed by atoms with E-state index in [1.54, 1.807) is 0 Å². The smallest absolute Gasteiger partial charge is 0.261 e. The van der Waals surface area contributed by atoms with Crippen LogP contribution in [0.2, 0.25) is 0 Å². The van der Waals surface area contributed by atoms with Crippen LogP contribution in [0.1, 0.15) is 11.3 Å². The maximum absolute atomic E-state index is 13.8. The number of hydrogen-bond donors (Lipinski definition) is 0. The van der Waals surface area contributed by atoms with E-state index in [1.165, 1.54) is 18.2 Å². The summed E-state index contributed by atoms with van der Waals surface area (Å²) in [6, 6.07) is 5.92. The molecule has 0 aliphatic rings. The first kappa shape index (κ1) is 12.5. The molecule has 6 heteroatoms. The lowest BCUT2D eigenvalue weighted by atomic mass is 10.0. The summed E-state index contributed by atoms with van der Waals surface area (Å²) in [6.07, 6.45) is 2.72. The van der Waals surface area contributed by atoms with Crippen LogP contribution in [0.25, 0.3) is 0 Å². The quantitative estimate of drug-likeness (QED) is 0.787. The van der Waals surface area contributed by atoms with E-state index in [1.807, 2.05) is 0 Å². The van der Waals surface area contributed by atoms with Gasteiger partial charge in [-0.15, -0.1) is 0 Å². The zero-order chi connectivity index (χ0) is 13.2. The third-order valence-corrected chi connectivity index (χ3v) is 2.42. The van der Waals surface area contributed by atoms with Gasteiger partial charge in [-0.2, -0.15) is 17.6 Å². The van der Waals surface area contributed by atoms with Crippen LogP contribution in [0.4, 0.5) is 17.6 Å². The van der Waals surface area contributed by atoms with Gasteiger partial charge in [0.15, 0.2) is 0 Å². The number of nitrogens with zero attached hydrogens (tertiary/aromatic N) is 2. The second kappa shape index (κ2) is 4.36. The van der Waals surface area contributed by atoms with Crippen molar-refractivity contribution in [3.8, 4) is 0 Å². The molecule has 0 radical (unpaired) electrons. The maximum atomic E-state index is 13.8. The molecule has 0 N–H and O–H groups in total. The van der Waals surface area contributed by atoms with Crippen LogP contribution < -0.4 is 0 Å². The van der Waals surface area contributed by atoms with Crippen molar-refractivity contribution in [2.24, 2.45) is 0 Å². The Hall–Kier alpha value is -1.98. The Morgan fingerprint density at radius 2 is 1.50 bits per heavy atom. The molecule has 2 aromatic rings. The number of hydrogen-bond acceptors (Lipinski definition) is 2. The summed E-state index contributed by atoms with van der Waals surface area (Å²) in [7, 11) is 0. The SMILES string of the molecule is FC(F)(c1ccccc1)C(F)(F)c1cnccn1. The van der Waals surface area contributed by atoms with Crippen molar-refractivity contribution < 1.29 is 17.6 Å². The van der Waals surface area contributed by atoms with Gasteiger partial charge in [-0.05, 0) is 0 Å². The first-order chi connectivity index (χ1) is 8.46. The summed E-state index contributed by atoms with van der Waals surface area (Å²) in [6.45, 7) is 0. The summed E-state index contributed by atoms with van der Waals surface area (Å²) in [5.41, 5.74) is -1.82. The largest absolute Gasteiger partial charge is 0.357 e. The molecule has 1 aromatic heterocycles. The molecule has 1 aromatic carbocycles. The summed E-state index contributed by atoms with van der Waals surface area (Å²) in [5, 5.41) is 0. The van der Waals surface area contributed by atoms with Crippen LogP contribution in [0.3, 0.4) is 0 Å². The molecule has 18 heavy (non-hydrogen) atoms. The Labute approximate surface area is 100 Å². The number of benzene rings is 1. The van der Waals surface area contributed by atoms with E-state index in [2.05, 4.69) is 9.97 Å². The van der Waals surface area contributed by atoms with Gasteiger partial charge in [0.25, 0.3) is 0 Å². The molecular formula is C12H8F4N2. The third-order valence-electron chi connectivity index (χ3n) is 2.42. The highest BCUT2D eigenvalue weighted by atomic mass is 19.3. The standard InChI is InChI=1S/C12H8F4N2/c13-11(14,9-4-2-1-3-5-9)12(15,16)10-8-17-6-7-18-10/h1-8H. The van der Waals surface area contributed by atoms with Gasteiger partial charge < -0.3 is 0 Å². The van der Waals surface area contributed by atoms with Crippen molar-refractivity contribution in [3.63, 3.8) is 0 Å². The zero-order valence-electron chi connectivity index (χ0n) is 9.03. The molecule has 0 saturated heterocycles. The summed E-state index contributed by atoms with van der Waals surface area (Å²) in [4.78, 5) is 6.63. The minimum Gasteiger partial charge on any atom is -0.261 e. The summed E-state index contributed by atoms with van der Waals surface area (Å²) < 4.78 is 55.1. The van der Waals surface area contributed by atoms with Gasteiger partial charge in [-0.3, -0.25) is 9.97 Å². The molecular weight excluding hydrogens is 248 g/mol. The fraction of sp³-hybridized carbons (Fsp3) is 0.167. The molecule has 0 bridgehead atoms. The highest BCUT2D eigenvalue weighted by molar-refractivity contribution is 5.25.